The standard InChI is InChI=1S/C19H24N6O/c1-5-16(26-6-2)17-13(15-7-8-22-11-24-15)9-14(19(21)25-17)18(20)23-10-12(3)4/h5-9,11-12H,2,10H2,1,3-4H3,(H2,20,23)(H2,21,25)/b16-5-. The molecule has 2 rings (SSSR count). The van der Waals surface area contributed by atoms with Crippen molar-refractivity contribution in [3.8, 4) is 11.3 Å². The largest absolute Gasteiger partial charge is 0.464 e. The van der Waals surface area contributed by atoms with Crippen molar-refractivity contribution in [2.24, 2.45) is 16.6 Å². The number of ether oxygens (including phenoxy) is 1. The lowest BCUT2D eigenvalue weighted by molar-refractivity contribution is 0.436. The van der Waals surface area contributed by atoms with Crippen LogP contribution in [-0.4, -0.2) is 27.3 Å². The van der Waals surface area contributed by atoms with Gasteiger partial charge < -0.3 is 16.2 Å². The van der Waals surface area contributed by atoms with Crippen LogP contribution in [0.2, 0.25) is 0 Å². The highest BCUT2D eigenvalue weighted by Gasteiger charge is 2.18. The number of nitrogens with two attached hydrogens (primary N) is 2. The van der Waals surface area contributed by atoms with Gasteiger partial charge in [-0.1, -0.05) is 20.4 Å². The van der Waals surface area contributed by atoms with E-state index in [0.717, 1.165) is 0 Å². The molecule has 26 heavy (non-hydrogen) atoms. The molecule has 2 aromatic heterocycles. The molecule has 0 saturated carbocycles. The Bertz CT molecular complexity index is 827. The second kappa shape index (κ2) is 8.75. The van der Waals surface area contributed by atoms with E-state index < -0.39 is 0 Å². The van der Waals surface area contributed by atoms with Crippen molar-refractivity contribution in [1.82, 2.24) is 15.0 Å². The minimum atomic E-state index is 0.273. The Morgan fingerprint density at radius 2 is 2.19 bits per heavy atom. The van der Waals surface area contributed by atoms with Gasteiger partial charge in [-0.05, 0) is 31.1 Å². The van der Waals surface area contributed by atoms with Crippen molar-refractivity contribution in [3.63, 3.8) is 0 Å². The van der Waals surface area contributed by atoms with Crippen molar-refractivity contribution in [3.05, 3.63) is 54.8 Å². The summed E-state index contributed by atoms with van der Waals surface area (Å²) in [6.07, 6.45) is 6.24. The summed E-state index contributed by atoms with van der Waals surface area (Å²) in [5, 5.41) is 0. The molecule has 0 aliphatic heterocycles. The Morgan fingerprint density at radius 3 is 2.77 bits per heavy atom. The number of hydrogen-bond donors (Lipinski definition) is 2. The number of nitrogens with zero attached hydrogens (tertiary/aromatic N) is 4. The highest BCUT2D eigenvalue weighted by molar-refractivity contribution is 6.02. The lowest BCUT2D eigenvalue weighted by Crippen LogP contribution is -2.19. The van der Waals surface area contributed by atoms with E-state index in [0.29, 0.717) is 46.6 Å². The van der Waals surface area contributed by atoms with Crippen molar-refractivity contribution < 1.29 is 4.74 Å². The minimum Gasteiger partial charge on any atom is -0.464 e. The van der Waals surface area contributed by atoms with Gasteiger partial charge in [-0.25, -0.2) is 15.0 Å². The molecule has 2 aromatic rings. The fourth-order valence-electron chi connectivity index (χ4n) is 2.28. The highest BCUT2D eigenvalue weighted by atomic mass is 16.5. The number of aliphatic imine (C=N–C) groups is 1. The first-order chi connectivity index (χ1) is 12.5. The molecule has 4 N–H and O–H groups in total. The average Bonchev–Trinajstić information content (AvgIpc) is 2.64. The Hall–Kier alpha value is -3.22. The molecule has 0 fully saturated rings. The molecular formula is C19H24N6O. The van der Waals surface area contributed by atoms with E-state index in [1.807, 2.05) is 13.0 Å². The van der Waals surface area contributed by atoms with Crippen LogP contribution >= 0.6 is 0 Å². The van der Waals surface area contributed by atoms with Crippen LogP contribution in [0.4, 0.5) is 5.82 Å². The van der Waals surface area contributed by atoms with Gasteiger partial charge in [0.1, 0.15) is 29.4 Å². The second-order valence-electron chi connectivity index (χ2n) is 5.97. The van der Waals surface area contributed by atoms with Crippen LogP contribution in [-0.2, 0) is 4.74 Å². The number of pyridine rings is 1. The summed E-state index contributed by atoms with van der Waals surface area (Å²) in [7, 11) is 0. The van der Waals surface area contributed by atoms with Crippen LogP contribution in [0.3, 0.4) is 0 Å². The van der Waals surface area contributed by atoms with Gasteiger partial charge in [0.2, 0.25) is 0 Å². The van der Waals surface area contributed by atoms with Gasteiger partial charge in [-0.2, -0.15) is 0 Å². The van der Waals surface area contributed by atoms with E-state index in [4.69, 9.17) is 16.2 Å². The summed E-state index contributed by atoms with van der Waals surface area (Å²) in [5.74, 6) is 1.52. The summed E-state index contributed by atoms with van der Waals surface area (Å²) in [4.78, 5) is 17.2. The minimum absolute atomic E-state index is 0.273. The molecule has 0 spiro atoms. The number of aromatic nitrogens is 3. The lowest BCUT2D eigenvalue weighted by Gasteiger charge is -2.14. The van der Waals surface area contributed by atoms with Crippen LogP contribution < -0.4 is 11.5 Å². The van der Waals surface area contributed by atoms with Crippen LogP contribution in [0, 0.1) is 5.92 Å². The van der Waals surface area contributed by atoms with E-state index in [1.165, 1.54) is 12.6 Å². The highest BCUT2D eigenvalue weighted by Crippen LogP contribution is 2.30. The van der Waals surface area contributed by atoms with Gasteiger partial charge in [0.25, 0.3) is 0 Å². The van der Waals surface area contributed by atoms with Crippen molar-refractivity contribution in [2.45, 2.75) is 20.8 Å². The lowest BCUT2D eigenvalue weighted by atomic mass is 10.0. The number of hydrogen-bond acceptors (Lipinski definition) is 6. The van der Waals surface area contributed by atoms with Crippen LogP contribution in [0.25, 0.3) is 17.0 Å². The first-order valence-corrected chi connectivity index (χ1v) is 8.29. The molecule has 7 heteroatoms. The Morgan fingerprint density at radius 1 is 1.42 bits per heavy atom. The number of amidine groups is 1. The molecule has 0 amide bonds. The van der Waals surface area contributed by atoms with Gasteiger partial charge in [0.05, 0.1) is 17.5 Å². The number of rotatable bonds is 7. The second-order valence-corrected chi connectivity index (χ2v) is 5.97. The molecule has 0 aliphatic carbocycles. The number of allylic oxidation sites excluding steroid dienone is 1. The monoisotopic (exact) mass is 352 g/mol. The quantitative estimate of drug-likeness (QED) is 0.450. The van der Waals surface area contributed by atoms with Gasteiger partial charge in [0, 0.05) is 18.3 Å². The first kappa shape index (κ1) is 19.1. The summed E-state index contributed by atoms with van der Waals surface area (Å²) in [6, 6.07) is 3.61. The van der Waals surface area contributed by atoms with Crippen LogP contribution in [0.1, 0.15) is 32.0 Å². The van der Waals surface area contributed by atoms with Gasteiger partial charge in [-0.3, -0.25) is 4.99 Å². The molecule has 136 valence electrons. The summed E-state index contributed by atoms with van der Waals surface area (Å²) < 4.78 is 5.48. The van der Waals surface area contributed by atoms with E-state index in [2.05, 4.69) is 40.4 Å². The van der Waals surface area contributed by atoms with Gasteiger partial charge in [-0.15, -0.1) is 0 Å². The topological polar surface area (TPSA) is 112 Å². The van der Waals surface area contributed by atoms with E-state index in [9.17, 15) is 0 Å². The third-order valence-corrected chi connectivity index (χ3v) is 3.52. The van der Waals surface area contributed by atoms with Gasteiger partial charge >= 0.3 is 0 Å². The molecule has 0 aliphatic rings. The SMILES string of the molecule is C=CO/C(=C\C)c1nc(N)c(C(N)=NCC(C)C)cc1-c1ccncn1. The Labute approximate surface area is 153 Å². The van der Waals surface area contributed by atoms with Crippen LogP contribution in [0.5, 0.6) is 0 Å². The summed E-state index contributed by atoms with van der Waals surface area (Å²) in [6.45, 7) is 10.2. The molecule has 7 nitrogen and oxygen atoms in total. The third kappa shape index (κ3) is 4.44. The molecular weight excluding hydrogens is 328 g/mol. The Balaban J connectivity index is 2.65. The maximum absolute atomic E-state index is 6.15. The van der Waals surface area contributed by atoms with E-state index in [1.54, 1.807) is 18.3 Å². The van der Waals surface area contributed by atoms with Crippen LogP contribution in [0.15, 0.2) is 48.6 Å². The molecule has 0 bridgehead atoms. The predicted molar refractivity (Wildman–Crippen MR) is 105 cm³/mol. The summed E-state index contributed by atoms with van der Waals surface area (Å²) >= 11 is 0. The smallest absolute Gasteiger partial charge is 0.148 e. The van der Waals surface area contributed by atoms with Crippen molar-refractivity contribution in [1.29, 1.82) is 0 Å². The predicted octanol–water partition coefficient (Wildman–Crippen LogP) is 3.00. The Kier molecular flexibility index (Phi) is 6.43. The van der Waals surface area contributed by atoms with Gasteiger partial charge in [0.15, 0.2) is 0 Å². The van der Waals surface area contributed by atoms with Crippen molar-refractivity contribution >= 4 is 17.4 Å². The number of anilines is 1. The fourth-order valence-corrected chi connectivity index (χ4v) is 2.28. The number of nitrogen functional groups attached to an aromatic ring is 1. The third-order valence-electron chi connectivity index (χ3n) is 3.52. The average molecular weight is 352 g/mol. The normalized spacial score (nSPS) is 12.3. The molecule has 0 aromatic carbocycles. The molecule has 2 heterocycles. The van der Waals surface area contributed by atoms with Crippen molar-refractivity contribution in [2.75, 3.05) is 12.3 Å². The molecule has 0 radical (unpaired) electrons. The zero-order valence-electron chi connectivity index (χ0n) is 15.3. The molecule has 0 atom stereocenters. The zero-order chi connectivity index (χ0) is 19.1. The maximum atomic E-state index is 6.15. The fraction of sp³-hybridized carbons (Fsp3) is 0.263. The van der Waals surface area contributed by atoms with E-state index >= 15 is 0 Å². The van der Waals surface area contributed by atoms with E-state index in [-0.39, 0.29) is 5.82 Å². The zero-order valence-corrected chi connectivity index (χ0v) is 15.3. The molecule has 0 saturated heterocycles. The summed E-state index contributed by atoms with van der Waals surface area (Å²) in [5.41, 5.74) is 14.8. The maximum Gasteiger partial charge on any atom is 0.148 e. The molecule has 0 unspecified atom stereocenters. The first-order valence-electron chi connectivity index (χ1n) is 8.29.